The molecule has 0 spiro atoms. The molecule has 0 saturated carbocycles. The molecule has 0 radical (unpaired) electrons. The number of benzene rings is 3. The Kier molecular flexibility index (Phi) is 9.49. The molecular formula is C29H28ClF2N3O5S2. The van der Waals surface area contributed by atoms with E-state index in [-0.39, 0.29) is 17.9 Å². The predicted octanol–water partition coefficient (Wildman–Crippen LogP) is 6.87. The molecule has 13 heteroatoms. The lowest BCUT2D eigenvalue weighted by Gasteiger charge is -2.28. The first-order chi connectivity index (χ1) is 19.9. The number of hydrogen-bond donors (Lipinski definition) is 1. The van der Waals surface area contributed by atoms with E-state index in [4.69, 9.17) is 16.3 Å². The summed E-state index contributed by atoms with van der Waals surface area (Å²) in [6, 6.07) is 14.8. The maximum absolute atomic E-state index is 15.0. The average molecular weight is 636 g/mol. The molecule has 1 amide bonds. The maximum atomic E-state index is 15.0. The molecule has 0 fully saturated rings. The highest BCUT2D eigenvalue weighted by atomic mass is 35.5. The molecule has 4 aromatic rings. The van der Waals surface area contributed by atoms with Gasteiger partial charge < -0.3 is 9.47 Å². The van der Waals surface area contributed by atoms with Gasteiger partial charge in [0.25, 0.3) is 10.0 Å². The van der Waals surface area contributed by atoms with Gasteiger partial charge in [0.2, 0.25) is 0 Å². The number of methoxy groups -OCH3 is 1. The Balaban J connectivity index is 1.67. The van der Waals surface area contributed by atoms with Crippen LogP contribution in [-0.2, 0) is 25.9 Å². The summed E-state index contributed by atoms with van der Waals surface area (Å²) in [6.45, 7) is 5.51. The molecule has 0 unspecified atom stereocenters. The third-order valence-corrected chi connectivity index (χ3v) is 9.14. The van der Waals surface area contributed by atoms with E-state index in [1.807, 2.05) is 30.5 Å². The molecule has 1 aromatic heterocycles. The Morgan fingerprint density at radius 3 is 2.45 bits per heavy atom. The fraction of sp³-hybridized carbons (Fsp3) is 0.241. The van der Waals surface area contributed by atoms with Crippen LogP contribution in [0.4, 0.5) is 13.6 Å². The number of rotatable bonds is 10. The largest absolute Gasteiger partial charge is 0.495 e. The monoisotopic (exact) mass is 635 g/mol. The molecule has 42 heavy (non-hydrogen) atoms. The summed E-state index contributed by atoms with van der Waals surface area (Å²) < 4.78 is 67.3. The van der Waals surface area contributed by atoms with Crippen molar-refractivity contribution in [1.29, 1.82) is 0 Å². The van der Waals surface area contributed by atoms with Crippen LogP contribution in [0.25, 0.3) is 5.69 Å². The van der Waals surface area contributed by atoms with E-state index in [0.717, 1.165) is 17.3 Å². The summed E-state index contributed by atoms with van der Waals surface area (Å²) in [5.41, 5.74) is 1.90. The molecule has 0 bridgehead atoms. The number of carbonyl (C=O) groups is 1. The fourth-order valence-corrected chi connectivity index (χ4v) is 6.27. The Hall–Kier alpha value is -3.61. The summed E-state index contributed by atoms with van der Waals surface area (Å²) in [5, 5.41) is 0.976. The Morgan fingerprint density at radius 1 is 1.10 bits per heavy atom. The van der Waals surface area contributed by atoms with E-state index in [9.17, 15) is 17.6 Å². The quantitative estimate of drug-likeness (QED) is 0.190. The number of imidazole rings is 1. The maximum Gasteiger partial charge on any atom is 0.421 e. The second-order valence-corrected chi connectivity index (χ2v) is 12.6. The molecule has 8 nitrogen and oxygen atoms in total. The zero-order chi connectivity index (χ0) is 30.7. The van der Waals surface area contributed by atoms with Crippen LogP contribution in [0.1, 0.15) is 37.6 Å². The van der Waals surface area contributed by atoms with Gasteiger partial charge in [-0.3, -0.25) is 4.57 Å². The van der Waals surface area contributed by atoms with Crippen LogP contribution in [0.3, 0.4) is 0 Å². The van der Waals surface area contributed by atoms with Gasteiger partial charge in [-0.25, -0.2) is 31.7 Å². The van der Waals surface area contributed by atoms with Gasteiger partial charge >= 0.3 is 6.09 Å². The van der Waals surface area contributed by atoms with Gasteiger partial charge in [0, 0.05) is 16.9 Å². The van der Waals surface area contributed by atoms with E-state index in [0.29, 0.717) is 21.6 Å². The zero-order valence-corrected chi connectivity index (χ0v) is 25.5. The van der Waals surface area contributed by atoms with Gasteiger partial charge in [0.1, 0.15) is 17.4 Å². The molecule has 1 N–H and O–H groups in total. The van der Waals surface area contributed by atoms with E-state index in [1.165, 1.54) is 50.1 Å². The van der Waals surface area contributed by atoms with Crippen molar-refractivity contribution >= 4 is 39.5 Å². The van der Waals surface area contributed by atoms with Crippen molar-refractivity contribution in [2.24, 2.45) is 0 Å². The number of sulfonamides is 1. The number of halogens is 3. The Morgan fingerprint density at radius 2 is 1.81 bits per heavy atom. The lowest BCUT2D eigenvalue weighted by atomic mass is 9.81. The molecule has 222 valence electrons. The minimum absolute atomic E-state index is 0.0215. The number of nitrogens with one attached hydrogen (secondary N) is 1. The SMILES string of the molecule is CCOC(=O)NS(=O)(=O)c1ccc(CSc2ncc(C(C)(C)c3ccc(Cl)c(OC)c3)n2-c2ccc(F)cc2)c(F)c1. The summed E-state index contributed by atoms with van der Waals surface area (Å²) in [7, 11) is -2.78. The van der Waals surface area contributed by atoms with E-state index < -0.39 is 38.1 Å². The van der Waals surface area contributed by atoms with Crippen molar-refractivity contribution in [1.82, 2.24) is 14.3 Å². The molecule has 4 rings (SSSR count). The first-order valence-corrected chi connectivity index (χ1v) is 15.5. The van der Waals surface area contributed by atoms with Crippen LogP contribution in [0, 0.1) is 11.6 Å². The van der Waals surface area contributed by atoms with Crippen LogP contribution < -0.4 is 9.46 Å². The molecule has 0 aliphatic heterocycles. The first-order valence-electron chi connectivity index (χ1n) is 12.7. The lowest BCUT2D eigenvalue weighted by Crippen LogP contribution is -2.31. The van der Waals surface area contributed by atoms with Crippen LogP contribution in [-0.4, -0.2) is 37.8 Å². The minimum atomic E-state index is -4.32. The van der Waals surface area contributed by atoms with Gasteiger partial charge in [-0.1, -0.05) is 49.3 Å². The predicted molar refractivity (Wildman–Crippen MR) is 157 cm³/mol. The average Bonchev–Trinajstić information content (AvgIpc) is 3.37. The van der Waals surface area contributed by atoms with Gasteiger partial charge in [0.05, 0.1) is 35.5 Å². The molecule has 0 saturated heterocycles. The van der Waals surface area contributed by atoms with Gasteiger partial charge in [-0.15, -0.1) is 0 Å². The van der Waals surface area contributed by atoms with Crippen molar-refractivity contribution in [3.63, 3.8) is 0 Å². The molecular weight excluding hydrogens is 608 g/mol. The topological polar surface area (TPSA) is 99.5 Å². The third-order valence-electron chi connectivity index (χ3n) is 6.51. The molecule has 1 heterocycles. The van der Waals surface area contributed by atoms with Crippen LogP contribution >= 0.6 is 23.4 Å². The van der Waals surface area contributed by atoms with Crippen molar-refractivity contribution in [3.05, 3.63) is 100 Å². The van der Waals surface area contributed by atoms with E-state index in [1.54, 1.807) is 29.1 Å². The molecule has 0 atom stereocenters. The summed E-state index contributed by atoms with van der Waals surface area (Å²) >= 11 is 7.47. The number of carbonyl (C=O) groups excluding carboxylic acids is 1. The van der Waals surface area contributed by atoms with Gasteiger partial charge in [-0.2, -0.15) is 0 Å². The minimum Gasteiger partial charge on any atom is -0.495 e. The fourth-order valence-electron chi connectivity index (χ4n) is 4.20. The standard InChI is InChI=1S/C29H28ClF2N3O5S2/c1-5-40-28(36)34-42(37,38)22-12-6-18(24(32)15-22)17-41-27-33-16-26(35(27)21-10-8-20(31)9-11-21)29(2,3)19-7-13-23(30)25(14-19)39-4/h6-16H,5,17H2,1-4H3,(H,34,36). The van der Waals surface area contributed by atoms with E-state index in [2.05, 4.69) is 9.72 Å². The number of nitrogens with zero attached hydrogens (tertiary/aromatic N) is 2. The highest BCUT2D eigenvalue weighted by Crippen LogP contribution is 2.39. The Bertz CT molecular complexity index is 1710. The van der Waals surface area contributed by atoms with Crippen molar-refractivity contribution in [3.8, 4) is 11.4 Å². The molecule has 0 aliphatic carbocycles. The number of thioether (sulfide) groups is 1. The van der Waals surface area contributed by atoms with E-state index >= 15 is 4.39 Å². The van der Waals surface area contributed by atoms with Gasteiger partial charge in [0.15, 0.2) is 5.16 Å². The number of ether oxygens (including phenoxy) is 2. The second kappa shape index (κ2) is 12.7. The lowest BCUT2D eigenvalue weighted by molar-refractivity contribution is 0.158. The highest BCUT2D eigenvalue weighted by molar-refractivity contribution is 7.98. The van der Waals surface area contributed by atoms with Crippen molar-refractivity contribution < 1.29 is 31.5 Å². The van der Waals surface area contributed by atoms with Crippen LogP contribution in [0.2, 0.25) is 5.02 Å². The third kappa shape index (κ3) is 6.71. The molecule has 0 aliphatic rings. The smallest absolute Gasteiger partial charge is 0.421 e. The highest BCUT2D eigenvalue weighted by Gasteiger charge is 2.30. The van der Waals surface area contributed by atoms with Crippen molar-refractivity contribution in [2.45, 2.75) is 42.0 Å². The van der Waals surface area contributed by atoms with Crippen LogP contribution in [0.5, 0.6) is 5.75 Å². The number of aromatic nitrogens is 2. The first kappa shape index (κ1) is 31.3. The second-order valence-electron chi connectivity index (χ2n) is 9.58. The summed E-state index contributed by atoms with van der Waals surface area (Å²) in [5.74, 6) is -0.554. The van der Waals surface area contributed by atoms with Crippen molar-refractivity contribution in [2.75, 3.05) is 13.7 Å². The summed E-state index contributed by atoms with van der Waals surface area (Å²) in [4.78, 5) is 15.8. The normalized spacial score (nSPS) is 11.8. The summed E-state index contributed by atoms with van der Waals surface area (Å²) in [6.07, 6.45) is 0.556. The Labute approximate surface area is 252 Å². The van der Waals surface area contributed by atoms with Crippen LogP contribution in [0.15, 0.2) is 76.9 Å². The zero-order valence-electron chi connectivity index (χ0n) is 23.2. The number of amides is 1. The number of hydrogen-bond acceptors (Lipinski definition) is 7. The molecule has 3 aromatic carbocycles. The van der Waals surface area contributed by atoms with Gasteiger partial charge in [-0.05, 0) is 66.6 Å².